The van der Waals surface area contributed by atoms with Gasteiger partial charge in [0.25, 0.3) is 11.8 Å². The first-order chi connectivity index (χ1) is 36.7. The number of hydrogen-bond acceptors (Lipinski definition) is 15. The number of hydrogen-bond donors (Lipinski definition) is 6. The van der Waals surface area contributed by atoms with Crippen molar-refractivity contribution >= 4 is 71.3 Å². The van der Waals surface area contributed by atoms with Crippen LogP contribution in [0.3, 0.4) is 0 Å². The van der Waals surface area contributed by atoms with Crippen LogP contribution in [-0.2, 0) is 33.1 Å². The van der Waals surface area contributed by atoms with Crippen LogP contribution in [0.15, 0.2) is 55.4 Å². The fourth-order valence-electron chi connectivity index (χ4n) is 13.4. The van der Waals surface area contributed by atoms with Crippen LogP contribution in [0.25, 0.3) is 0 Å². The third-order valence-electron chi connectivity index (χ3n) is 17.5. The summed E-state index contributed by atoms with van der Waals surface area (Å²) in [6.45, 7) is 18.8. The van der Waals surface area contributed by atoms with Crippen LogP contribution in [0.1, 0.15) is 140 Å². The van der Waals surface area contributed by atoms with E-state index in [0.717, 1.165) is 112 Å². The summed E-state index contributed by atoms with van der Waals surface area (Å²) in [6, 6.07) is 10.0. The second-order valence-corrected chi connectivity index (χ2v) is 25.7. The summed E-state index contributed by atoms with van der Waals surface area (Å²) >= 11 is 1.66. The zero-order chi connectivity index (χ0) is 54.6. The monoisotopic (exact) mass is 1090 g/mol. The van der Waals surface area contributed by atoms with Gasteiger partial charge >= 0.3 is 7.82 Å². The van der Waals surface area contributed by atoms with Crippen LogP contribution in [0.2, 0.25) is 0 Å². The fourth-order valence-corrected chi connectivity index (χ4v) is 15.8. The number of aliphatic hydroxyl groups excluding tert-OH is 1. The van der Waals surface area contributed by atoms with E-state index in [0.29, 0.717) is 49.2 Å². The van der Waals surface area contributed by atoms with Crippen LogP contribution < -0.4 is 31.1 Å². The molecule has 3 unspecified atom stereocenters. The van der Waals surface area contributed by atoms with Crippen LogP contribution in [0.4, 0.5) is 34.4 Å². The lowest BCUT2D eigenvalue weighted by molar-refractivity contribution is -0.111. The highest BCUT2D eigenvalue weighted by atomic mass is 32.1. The molecule has 3 amide bonds. The molecule has 4 aromatic rings. The molecule has 0 bridgehead atoms. The van der Waals surface area contributed by atoms with Crippen molar-refractivity contribution in [2.75, 3.05) is 71.2 Å². The molecule has 5 atom stereocenters. The first-order valence-corrected chi connectivity index (χ1v) is 29.9. The number of nitrogens with zero attached hydrogens (tertiary/aromatic N) is 8. The van der Waals surface area contributed by atoms with Crippen molar-refractivity contribution in [2.45, 2.75) is 153 Å². The molecule has 0 spiro atoms. The number of rotatable bonds is 14. The molecule has 2 aliphatic carbocycles. The maximum Gasteiger partial charge on any atom is 0.470 e. The minimum absolute atomic E-state index is 0.0402. The summed E-state index contributed by atoms with van der Waals surface area (Å²) in [5, 5.41) is 17.4. The van der Waals surface area contributed by atoms with Crippen LogP contribution in [0.5, 0.6) is 0 Å². The number of primary amides is 1. The maximum absolute atomic E-state index is 14.3. The van der Waals surface area contributed by atoms with E-state index in [1.54, 1.807) is 18.3 Å². The molecule has 77 heavy (non-hydrogen) atoms. The van der Waals surface area contributed by atoms with E-state index in [9.17, 15) is 33.8 Å². The molecule has 7 N–H and O–H groups in total. The van der Waals surface area contributed by atoms with E-state index >= 15 is 0 Å². The Morgan fingerprint density at radius 1 is 0.935 bits per heavy atom. The van der Waals surface area contributed by atoms with E-state index in [1.807, 2.05) is 34.2 Å². The van der Waals surface area contributed by atoms with Crippen molar-refractivity contribution in [2.24, 2.45) is 11.1 Å². The zero-order valence-corrected chi connectivity index (χ0v) is 46.8. The summed E-state index contributed by atoms with van der Waals surface area (Å²) in [7, 11) is -4.58. The van der Waals surface area contributed by atoms with E-state index in [4.69, 9.17) is 20.2 Å². The Hall–Kier alpha value is -5.47. The second-order valence-electron chi connectivity index (χ2n) is 23.4. The minimum Gasteiger partial charge on any atom is -0.394 e. The van der Waals surface area contributed by atoms with Crippen molar-refractivity contribution < 1.29 is 38.4 Å². The number of aromatic nitrogens is 3. The highest BCUT2D eigenvalue weighted by molar-refractivity contribution is 7.46. The van der Waals surface area contributed by atoms with E-state index in [1.165, 1.54) is 28.3 Å². The van der Waals surface area contributed by atoms with Crippen LogP contribution in [0, 0.1) is 5.41 Å². The fraction of sp³-hybridized carbons (Fsp3) is 0.571. The predicted octanol–water partition coefficient (Wildman–Crippen LogP) is 7.54. The highest BCUT2D eigenvalue weighted by Crippen LogP contribution is 2.49. The van der Waals surface area contributed by atoms with Gasteiger partial charge in [-0.25, -0.2) is 14.5 Å². The molecule has 10 rings (SSSR count). The Morgan fingerprint density at radius 3 is 2.44 bits per heavy atom. The first-order valence-electron chi connectivity index (χ1n) is 27.5. The molecule has 4 fully saturated rings. The van der Waals surface area contributed by atoms with Gasteiger partial charge in [0.1, 0.15) is 5.82 Å². The first kappa shape index (κ1) is 54.9. The van der Waals surface area contributed by atoms with E-state index in [2.05, 4.69) is 76.7 Å². The Kier molecular flexibility index (Phi) is 15.7. The predicted molar refractivity (Wildman–Crippen MR) is 300 cm³/mol. The standard InChI is InChI=1S/C56H76N11O8PS/c1-7-49(69)61-43-28-37(60-53-50(52(57)70)59-31-48(62-53)66-22-8-9-45(46(66)33-68)67-24-17-41-40-14-18-55(4,5)30-47(40)77-51(41)54(67)71)10-11-44(43)65-26-25-63(32-35(65)3)38-16-23-64(34(2)27-38)39-15-21-58-42(29-39)36-12-19-56(6,20-13-36)75-76(72,73)74/h7,10-11,15,21,28-29,31,34-36,38,45-46,68H,1,8-9,12-14,16-20,22-27,30,32-33H2,2-6H3,(H2,57,70)(H,60,62)(H,61,69)(H2,72,73,74)/t34-,35+,36?,38?,45?,46?,56?/m1/s1. The Morgan fingerprint density at radius 2 is 1.73 bits per heavy atom. The molecule has 414 valence electrons. The maximum atomic E-state index is 14.3. The average molecular weight is 1090 g/mol. The number of phosphoric acid groups is 1. The summed E-state index contributed by atoms with van der Waals surface area (Å²) in [5.41, 5.74) is 11.9. The molecule has 0 radical (unpaired) electrons. The molecule has 7 heterocycles. The highest BCUT2D eigenvalue weighted by Gasteiger charge is 2.44. The molecular weight excluding hydrogens is 1020 g/mol. The second kappa shape index (κ2) is 22.0. The van der Waals surface area contributed by atoms with E-state index in [-0.39, 0.29) is 59.4 Å². The normalized spacial score (nSPS) is 26.9. The number of anilines is 6. The Labute approximate surface area is 455 Å². The lowest BCUT2D eigenvalue weighted by Crippen LogP contribution is -2.60. The molecule has 21 heteroatoms. The van der Waals surface area contributed by atoms with Crippen molar-refractivity contribution in [3.8, 4) is 0 Å². The number of carbonyl (C=O) groups excluding carboxylic acids is 3. The number of nitrogens with one attached hydrogen (secondary N) is 2. The number of piperazine rings is 1. The summed E-state index contributed by atoms with van der Waals surface area (Å²) in [4.78, 5) is 86.9. The number of thiophene rings is 1. The molecule has 3 aromatic heterocycles. The van der Waals surface area contributed by atoms with Crippen LogP contribution >= 0.6 is 19.2 Å². The lowest BCUT2D eigenvalue weighted by atomic mass is 9.76. The number of piperidine rings is 2. The minimum atomic E-state index is -4.58. The summed E-state index contributed by atoms with van der Waals surface area (Å²) in [6.07, 6.45) is 14.6. The smallest absolute Gasteiger partial charge is 0.394 e. The molecule has 6 aliphatic rings. The van der Waals surface area contributed by atoms with Gasteiger partial charge in [-0.3, -0.25) is 28.8 Å². The van der Waals surface area contributed by atoms with Crippen molar-refractivity contribution in [3.63, 3.8) is 0 Å². The van der Waals surface area contributed by atoms with E-state index < -0.39 is 25.4 Å². The number of amides is 3. The molecule has 1 saturated carbocycles. The van der Waals surface area contributed by atoms with Crippen molar-refractivity contribution in [3.05, 3.63) is 87.6 Å². The average Bonchev–Trinajstić information content (AvgIpc) is 3.80. The Balaban J connectivity index is 0.804. The van der Waals surface area contributed by atoms with Gasteiger partial charge in [0, 0.05) is 91.5 Å². The molecular formula is C56H76N11O8PS. The molecule has 19 nitrogen and oxygen atoms in total. The lowest BCUT2D eigenvalue weighted by Gasteiger charge is -2.48. The van der Waals surface area contributed by atoms with Gasteiger partial charge in [0.15, 0.2) is 11.5 Å². The van der Waals surface area contributed by atoms with Gasteiger partial charge < -0.3 is 50.9 Å². The molecule has 3 saturated heterocycles. The van der Waals surface area contributed by atoms with Gasteiger partial charge in [-0.1, -0.05) is 20.4 Å². The number of fused-ring (bicyclic) bond motifs is 3. The number of nitrogens with two attached hydrogens (primary N) is 1. The number of carbonyl (C=O) groups is 3. The molecule has 1 aromatic carbocycles. The van der Waals surface area contributed by atoms with Crippen molar-refractivity contribution in [1.29, 1.82) is 0 Å². The number of benzene rings is 1. The third kappa shape index (κ3) is 11.7. The summed E-state index contributed by atoms with van der Waals surface area (Å²) < 4.78 is 16.8. The summed E-state index contributed by atoms with van der Waals surface area (Å²) in [5.74, 6) is -0.331. The van der Waals surface area contributed by atoms with Gasteiger partial charge in [-0.2, -0.15) is 0 Å². The zero-order valence-electron chi connectivity index (χ0n) is 45.1. The largest absolute Gasteiger partial charge is 0.470 e. The Bertz CT molecular complexity index is 2940. The number of phosphoric ester groups is 1. The van der Waals surface area contributed by atoms with Gasteiger partial charge in [-0.15, -0.1) is 11.3 Å². The quantitative estimate of drug-likeness (QED) is 0.0528. The topological polar surface area (TPSA) is 243 Å². The molecule has 4 aliphatic heterocycles. The third-order valence-corrected chi connectivity index (χ3v) is 19.4. The number of aliphatic hydroxyl groups is 1. The number of pyridine rings is 1. The van der Waals surface area contributed by atoms with Crippen molar-refractivity contribution in [1.82, 2.24) is 24.8 Å². The SMILES string of the molecule is C=CC(=O)Nc1cc(Nc2nc(N3CCCC(N4CCc5c(sc6c5CCC(C)(C)C6)C4=O)C3CO)cnc2C(N)=O)ccc1N1CCN(C2CCN(c3ccnc(C4CCC(C)(OP(=O)(O)O)CC4)c3)[C@H](C)C2)C[C@@H]1C. The van der Waals surface area contributed by atoms with Crippen LogP contribution in [-0.4, -0.2) is 139 Å². The van der Waals surface area contributed by atoms with Gasteiger partial charge in [0.2, 0.25) is 5.91 Å². The van der Waals surface area contributed by atoms with Gasteiger partial charge in [-0.05, 0) is 151 Å². The van der Waals surface area contributed by atoms with Gasteiger partial charge in [0.05, 0.1) is 46.7 Å².